The Morgan fingerprint density at radius 2 is 2.12 bits per heavy atom. The number of amides is 2. The molecule has 0 aromatic carbocycles. The van der Waals surface area contributed by atoms with Crippen LogP contribution in [0.3, 0.4) is 0 Å². The summed E-state index contributed by atoms with van der Waals surface area (Å²) in [5, 5.41) is 11.2. The summed E-state index contributed by atoms with van der Waals surface area (Å²) in [6.45, 7) is 5.68. The van der Waals surface area contributed by atoms with Crippen LogP contribution in [0.5, 0.6) is 0 Å². The second-order valence-corrected chi connectivity index (χ2v) is 4.50. The fourth-order valence-electron chi connectivity index (χ4n) is 1.91. The molecular weight excluding hydrogens is 222 g/mol. The van der Waals surface area contributed by atoms with Gasteiger partial charge in [0.2, 0.25) is 0 Å². The molecule has 0 radical (unpaired) electrons. The molecule has 0 spiro atoms. The highest BCUT2D eigenvalue weighted by atomic mass is 16.4. The lowest BCUT2D eigenvalue weighted by Gasteiger charge is -2.39. The first-order chi connectivity index (χ1) is 7.95. The monoisotopic (exact) mass is 243 g/mol. The maximum atomic E-state index is 11.8. The molecule has 2 N–H and O–H groups in total. The molecule has 98 valence electrons. The van der Waals surface area contributed by atoms with Crippen molar-refractivity contribution in [1.82, 2.24) is 15.1 Å². The van der Waals surface area contributed by atoms with E-state index in [1.807, 2.05) is 7.05 Å². The molecule has 6 nitrogen and oxygen atoms in total. The number of carboxylic acids is 1. The zero-order valence-corrected chi connectivity index (χ0v) is 10.6. The molecule has 1 heterocycles. The van der Waals surface area contributed by atoms with Crippen molar-refractivity contribution in [2.45, 2.75) is 32.4 Å². The van der Waals surface area contributed by atoms with Gasteiger partial charge in [-0.2, -0.15) is 0 Å². The third-order valence-electron chi connectivity index (χ3n) is 3.25. The number of carbonyl (C=O) groups excluding carboxylic acids is 1. The second kappa shape index (κ2) is 5.86. The topological polar surface area (TPSA) is 72.9 Å². The Hall–Kier alpha value is -1.30. The van der Waals surface area contributed by atoms with Gasteiger partial charge in [-0.25, -0.2) is 4.79 Å². The summed E-state index contributed by atoms with van der Waals surface area (Å²) in [5.74, 6) is -1.01. The van der Waals surface area contributed by atoms with Crippen molar-refractivity contribution in [3.8, 4) is 0 Å². The lowest BCUT2D eigenvalue weighted by atomic mass is 10.1. The number of carboxylic acid groups (broad SMARTS) is 1. The van der Waals surface area contributed by atoms with Crippen molar-refractivity contribution >= 4 is 12.0 Å². The first-order valence-electron chi connectivity index (χ1n) is 5.94. The van der Waals surface area contributed by atoms with E-state index in [4.69, 9.17) is 5.11 Å². The zero-order chi connectivity index (χ0) is 13.0. The van der Waals surface area contributed by atoms with Crippen LogP contribution in [-0.4, -0.2) is 65.7 Å². The molecule has 0 bridgehead atoms. The molecule has 2 unspecified atom stereocenters. The number of rotatable bonds is 3. The number of aliphatic carboxylic acids is 1. The summed E-state index contributed by atoms with van der Waals surface area (Å²) < 4.78 is 0. The molecule has 1 saturated heterocycles. The summed E-state index contributed by atoms with van der Waals surface area (Å²) in [4.78, 5) is 26.4. The fraction of sp³-hybridized carbons (Fsp3) is 0.818. The van der Waals surface area contributed by atoms with E-state index in [0.717, 1.165) is 13.0 Å². The van der Waals surface area contributed by atoms with Crippen LogP contribution in [0, 0.1) is 0 Å². The van der Waals surface area contributed by atoms with E-state index in [0.29, 0.717) is 19.1 Å². The van der Waals surface area contributed by atoms with Crippen molar-refractivity contribution in [2.24, 2.45) is 0 Å². The SMILES string of the molecule is CCC1CN(C(=O)NC(C)C(=O)O)CCN1C. The Morgan fingerprint density at radius 1 is 1.47 bits per heavy atom. The molecule has 0 aliphatic carbocycles. The first-order valence-corrected chi connectivity index (χ1v) is 5.94. The quantitative estimate of drug-likeness (QED) is 0.742. The Morgan fingerprint density at radius 3 is 2.65 bits per heavy atom. The van der Waals surface area contributed by atoms with Gasteiger partial charge in [-0.1, -0.05) is 6.92 Å². The number of urea groups is 1. The number of likely N-dealkylation sites (N-methyl/N-ethyl adjacent to an activating group) is 1. The molecule has 6 heteroatoms. The number of carbonyl (C=O) groups is 2. The van der Waals surface area contributed by atoms with E-state index in [-0.39, 0.29) is 6.03 Å². The number of nitrogens with one attached hydrogen (secondary N) is 1. The largest absolute Gasteiger partial charge is 0.480 e. The van der Waals surface area contributed by atoms with Gasteiger partial charge in [-0.15, -0.1) is 0 Å². The molecule has 1 aliphatic rings. The Balaban J connectivity index is 2.50. The smallest absolute Gasteiger partial charge is 0.325 e. The minimum absolute atomic E-state index is 0.286. The molecule has 0 saturated carbocycles. The van der Waals surface area contributed by atoms with Crippen molar-refractivity contribution in [2.75, 3.05) is 26.7 Å². The average Bonchev–Trinajstić information content (AvgIpc) is 2.29. The number of hydrogen-bond acceptors (Lipinski definition) is 3. The van der Waals surface area contributed by atoms with Gasteiger partial charge in [0.1, 0.15) is 6.04 Å². The molecule has 1 rings (SSSR count). The highest BCUT2D eigenvalue weighted by molar-refractivity contribution is 5.82. The van der Waals surface area contributed by atoms with Crippen LogP contribution in [0.2, 0.25) is 0 Å². The molecule has 2 amide bonds. The molecule has 2 atom stereocenters. The summed E-state index contributed by atoms with van der Waals surface area (Å²) in [7, 11) is 2.04. The maximum Gasteiger partial charge on any atom is 0.325 e. The fourth-order valence-corrected chi connectivity index (χ4v) is 1.91. The minimum Gasteiger partial charge on any atom is -0.480 e. The normalized spacial score (nSPS) is 23.2. The summed E-state index contributed by atoms with van der Waals surface area (Å²) in [5.41, 5.74) is 0. The molecule has 0 aromatic heterocycles. The van der Waals surface area contributed by atoms with Gasteiger partial charge in [-0.05, 0) is 20.4 Å². The first kappa shape index (κ1) is 13.8. The third kappa shape index (κ3) is 3.59. The van der Waals surface area contributed by atoms with Crippen molar-refractivity contribution < 1.29 is 14.7 Å². The van der Waals surface area contributed by atoms with Gasteiger partial charge in [0.15, 0.2) is 0 Å². The number of nitrogens with zero attached hydrogens (tertiary/aromatic N) is 2. The summed E-state index contributed by atoms with van der Waals surface area (Å²) in [6, 6.07) is -0.775. The number of hydrogen-bond donors (Lipinski definition) is 2. The van der Waals surface area contributed by atoms with E-state index < -0.39 is 12.0 Å². The molecule has 1 aliphatic heterocycles. The van der Waals surface area contributed by atoms with E-state index >= 15 is 0 Å². The van der Waals surface area contributed by atoms with Crippen LogP contribution in [0.15, 0.2) is 0 Å². The Bertz CT molecular complexity index is 296. The highest BCUT2D eigenvalue weighted by Crippen LogP contribution is 2.10. The van der Waals surface area contributed by atoms with Crippen LogP contribution in [0.1, 0.15) is 20.3 Å². The van der Waals surface area contributed by atoms with E-state index in [2.05, 4.69) is 17.1 Å². The van der Waals surface area contributed by atoms with E-state index in [1.165, 1.54) is 6.92 Å². The van der Waals surface area contributed by atoms with Crippen LogP contribution >= 0.6 is 0 Å². The van der Waals surface area contributed by atoms with Gasteiger partial charge in [0.05, 0.1) is 0 Å². The maximum absolute atomic E-state index is 11.8. The second-order valence-electron chi connectivity index (χ2n) is 4.50. The highest BCUT2D eigenvalue weighted by Gasteiger charge is 2.27. The van der Waals surface area contributed by atoms with Crippen LogP contribution in [-0.2, 0) is 4.79 Å². The predicted octanol–water partition coefficient (Wildman–Crippen LogP) is 0.195. The summed E-state index contributed by atoms with van der Waals surface area (Å²) >= 11 is 0. The average molecular weight is 243 g/mol. The van der Waals surface area contributed by atoms with E-state index in [9.17, 15) is 9.59 Å². The van der Waals surface area contributed by atoms with Crippen LogP contribution in [0.4, 0.5) is 4.79 Å². The minimum atomic E-state index is -1.01. The van der Waals surface area contributed by atoms with E-state index in [1.54, 1.807) is 4.90 Å². The van der Waals surface area contributed by atoms with Crippen LogP contribution < -0.4 is 5.32 Å². The number of piperazine rings is 1. The lowest BCUT2D eigenvalue weighted by molar-refractivity contribution is -0.138. The van der Waals surface area contributed by atoms with Crippen molar-refractivity contribution in [3.63, 3.8) is 0 Å². The molecule has 1 fully saturated rings. The van der Waals surface area contributed by atoms with Crippen molar-refractivity contribution in [3.05, 3.63) is 0 Å². The Labute approximate surface area is 102 Å². The lowest BCUT2D eigenvalue weighted by Crippen LogP contribution is -2.56. The van der Waals surface area contributed by atoms with Crippen molar-refractivity contribution in [1.29, 1.82) is 0 Å². The van der Waals surface area contributed by atoms with Gasteiger partial charge < -0.3 is 15.3 Å². The van der Waals surface area contributed by atoms with Gasteiger partial charge in [-0.3, -0.25) is 9.69 Å². The molecular formula is C11H21N3O3. The Kier molecular flexibility index (Phi) is 4.74. The van der Waals surface area contributed by atoms with Gasteiger partial charge in [0.25, 0.3) is 0 Å². The van der Waals surface area contributed by atoms with Gasteiger partial charge >= 0.3 is 12.0 Å². The predicted molar refractivity (Wildman–Crippen MR) is 63.9 cm³/mol. The zero-order valence-electron chi connectivity index (χ0n) is 10.6. The standard InChI is InChI=1S/C11H21N3O3/c1-4-9-7-14(6-5-13(9)3)11(17)12-8(2)10(15)16/h8-9H,4-7H2,1-3H3,(H,12,17)(H,15,16). The van der Waals surface area contributed by atoms with Crippen LogP contribution in [0.25, 0.3) is 0 Å². The molecule has 0 aromatic rings. The van der Waals surface area contributed by atoms with Gasteiger partial charge in [0, 0.05) is 25.7 Å². The third-order valence-corrected chi connectivity index (χ3v) is 3.25. The molecule has 17 heavy (non-hydrogen) atoms. The summed E-state index contributed by atoms with van der Waals surface area (Å²) in [6.07, 6.45) is 0.981.